The summed E-state index contributed by atoms with van der Waals surface area (Å²) in [7, 11) is 0. The lowest BCUT2D eigenvalue weighted by atomic mass is 10.1. The molecule has 4 heteroatoms. The van der Waals surface area contributed by atoms with Crippen molar-refractivity contribution >= 4 is 6.02 Å². The zero-order chi connectivity index (χ0) is 12.4. The van der Waals surface area contributed by atoms with E-state index in [2.05, 4.69) is 34.6 Å². The lowest BCUT2D eigenvalue weighted by Crippen LogP contribution is -2.26. The predicted octanol–water partition coefficient (Wildman–Crippen LogP) is 1.37. The van der Waals surface area contributed by atoms with Crippen molar-refractivity contribution in [3.63, 3.8) is 0 Å². The molecule has 1 saturated carbocycles. The number of amidine groups is 1. The summed E-state index contributed by atoms with van der Waals surface area (Å²) < 4.78 is 5.11. The van der Waals surface area contributed by atoms with Gasteiger partial charge in [0.05, 0.1) is 0 Å². The molecular weight excluding hydrogens is 226 g/mol. The fourth-order valence-corrected chi connectivity index (χ4v) is 2.30. The SMILES string of the molecule is NC1=N[C@@H](CNCc2cccc(C3CC3)c2)CO1. The van der Waals surface area contributed by atoms with Gasteiger partial charge in [0.1, 0.15) is 12.6 Å². The van der Waals surface area contributed by atoms with Gasteiger partial charge in [-0.3, -0.25) is 0 Å². The second-order valence-electron chi connectivity index (χ2n) is 5.08. The Morgan fingerprint density at radius 1 is 1.39 bits per heavy atom. The second-order valence-corrected chi connectivity index (χ2v) is 5.08. The van der Waals surface area contributed by atoms with Gasteiger partial charge in [0.25, 0.3) is 6.02 Å². The van der Waals surface area contributed by atoms with Crippen LogP contribution in [-0.2, 0) is 11.3 Å². The highest BCUT2D eigenvalue weighted by molar-refractivity contribution is 5.73. The Morgan fingerprint density at radius 3 is 3.00 bits per heavy atom. The molecule has 1 aromatic rings. The largest absolute Gasteiger partial charge is 0.463 e. The summed E-state index contributed by atoms with van der Waals surface area (Å²) in [5, 5.41) is 3.41. The van der Waals surface area contributed by atoms with Crippen LogP contribution in [0.25, 0.3) is 0 Å². The van der Waals surface area contributed by atoms with Crippen LogP contribution in [0.5, 0.6) is 0 Å². The molecule has 0 amide bonds. The van der Waals surface area contributed by atoms with E-state index in [1.54, 1.807) is 0 Å². The molecule has 3 rings (SSSR count). The molecule has 1 heterocycles. The molecule has 4 nitrogen and oxygen atoms in total. The van der Waals surface area contributed by atoms with E-state index in [1.807, 2.05) is 0 Å². The van der Waals surface area contributed by atoms with Gasteiger partial charge in [0.15, 0.2) is 0 Å². The summed E-state index contributed by atoms with van der Waals surface area (Å²) in [5.74, 6) is 0.817. The van der Waals surface area contributed by atoms with Crippen molar-refractivity contribution in [2.45, 2.75) is 31.3 Å². The van der Waals surface area contributed by atoms with E-state index < -0.39 is 0 Å². The van der Waals surface area contributed by atoms with Crippen molar-refractivity contribution in [3.05, 3.63) is 35.4 Å². The van der Waals surface area contributed by atoms with Gasteiger partial charge in [0.2, 0.25) is 0 Å². The van der Waals surface area contributed by atoms with E-state index in [-0.39, 0.29) is 6.04 Å². The molecule has 0 saturated heterocycles. The summed E-state index contributed by atoms with van der Waals surface area (Å²) in [4.78, 5) is 4.19. The van der Waals surface area contributed by atoms with Crippen molar-refractivity contribution in [1.82, 2.24) is 5.32 Å². The average Bonchev–Trinajstić information content (AvgIpc) is 3.14. The molecule has 96 valence electrons. The number of nitrogens with one attached hydrogen (secondary N) is 1. The zero-order valence-corrected chi connectivity index (χ0v) is 10.4. The van der Waals surface area contributed by atoms with Gasteiger partial charge in [-0.2, -0.15) is 0 Å². The van der Waals surface area contributed by atoms with Crippen LogP contribution in [-0.4, -0.2) is 25.2 Å². The second kappa shape index (κ2) is 4.98. The maximum absolute atomic E-state index is 5.47. The van der Waals surface area contributed by atoms with Crippen LogP contribution in [0.15, 0.2) is 29.3 Å². The smallest absolute Gasteiger partial charge is 0.282 e. The molecule has 0 unspecified atom stereocenters. The van der Waals surface area contributed by atoms with Crippen LogP contribution in [0.4, 0.5) is 0 Å². The Balaban J connectivity index is 1.49. The van der Waals surface area contributed by atoms with Gasteiger partial charge in [-0.05, 0) is 29.9 Å². The zero-order valence-electron chi connectivity index (χ0n) is 10.4. The highest BCUT2D eigenvalue weighted by atomic mass is 16.5. The number of aliphatic imine (C=N–C) groups is 1. The van der Waals surface area contributed by atoms with Crippen molar-refractivity contribution in [1.29, 1.82) is 0 Å². The fourth-order valence-electron chi connectivity index (χ4n) is 2.30. The fraction of sp³-hybridized carbons (Fsp3) is 0.500. The van der Waals surface area contributed by atoms with Gasteiger partial charge in [-0.1, -0.05) is 24.3 Å². The Hall–Kier alpha value is -1.55. The molecule has 1 fully saturated rings. The minimum absolute atomic E-state index is 0.164. The predicted molar refractivity (Wildman–Crippen MR) is 71.5 cm³/mol. The van der Waals surface area contributed by atoms with Gasteiger partial charge in [0, 0.05) is 13.1 Å². The number of rotatable bonds is 5. The van der Waals surface area contributed by atoms with Crippen molar-refractivity contribution < 1.29 is 4.74 Å². The first-order valence-corrected chi connectivity index (χ1v) is 6.57. The van der Waals surface area contributed by atoms with Crippen LogP contribution in [0.2, 0.25) is 0 Å². The van der Waals surface area contributed by atoms with E-state index in [1.165, 1.54) is 24.0 Å². The average molecular weight is 245 g/mol. The topological polar surface area (TPSA) is 59.6 Å². The van der Waals surface area contributed by atoms with E-state index >= 15 is 0 Å². The summed E-state index contributed by atoms with van der Waals surface area (Å²) in [6.45, 7) is 2.29. The van der Waals surface area contributed by atoms with E-state index in [0.717, 1.165) is 19.0 Å². The number of nitrogens with two attached hydrogens (primary N) is 1. The molecule has 0 radical (unpaired) electrons. The van der Waals surface area contributed by atoms with Crippen LogP contribution in [0, 0.1) is 0 Å². The molecular formula is C14H19N3O. The van der Waals surface area contributed by atoms with Gasteiger partial charge < -0.3 is 15.8 Å². The number of ether oxygens (including phenoxy) is 1. The Labute approximate surface area is 107 Å². The Morgan fingerprint density at radius 2 is 2.28 bits per heavy atom. The minimum Gasteiger partial charge on any atom is -0.463 e. The van der Waals surface area contributed by atoms with Gasteiger partial charge >= 0.3 is 0 Å². The molecule has 2 aliphatic rings. The highest BCUT2D eigenvalue weighted by Gasteiger charge is 2.23. The third kappa shape index (κ3) is 2.82. The first-order valence-electron chi connectivity index (χ1n) is 6.57. The van der Waals surface area contributed by atoms with Crippen LogP contribution in [0.1, 0.15) is 29.9 Å². The summed E-state index contributed by atoms with van der Waals surface area (Å²) in [6.07, 6.45) is 2.70. The van der Waals surface area contributed by atoms with Crippen molar-refractivity contribution in [2.75, 3.05) is 13.2 Å². The lowest BCUT2D eigenvalue weighted by Gasteiger charge is -2.08. The van der Waals surface area contributed by atoms with Crippen molar-refractivity contribution in [3.8, 4) is 0 Å². The highest BCUT2D eigenvalue weighted by Crippen LogP contribution is 2.40. The molecule has 0 spiro atoms. The van der Waals surface area contributed by atoms with Crippen LogP contribution in [0.3, 0.4) is 0 Å². The molecule has 18 heavy (non-hydrogen) atoms. The quantitative estimate of drug-likeness (QED) is 0.823. The molecule has 1 atom stereocenters. The molecule has 1 aliphatic heterocycles. The molecule has 1 aromatic carbocycles. The molecule has 3 N–H and O–H groups in total. The van der Waals surface area contributed by atoms with E-state index in [9.17, 15) is 0 Å². The maximum Gasteiger partial charge on any atom is 0.282 e. The Bertz CT molecular complexity index is 454. The molecule has 0 bridgehead atoms. The van der Waals surface area contributed by atoms with Gasteiger partial charge in [-0.25, -0.2) is 4.99 Å². The number of hydrogen-bond donors (Lipinski definition) is 2. The summed E-state index contributed by atoms with van der Waals surface area (Å²) >= 11 is 0. The minimum atomic E-state index is 0.164. The van der Waals surface area contributed by atoms with Crippen LogP contribution >= 0.6 is 0 Å². The molecule has 0 aromatic heterocycles. The number of nitrogens with zero attached hydrogens (tertiary/aromatic N) is 1. The van der Waals surface area contributed by atoms with Crippen molar-refractivity contribution in [2.24, 2.45) is 10.7 Å². The first-order chi connectivity index (χ1) is 8.81. The van der Waals surface area contributed by atoms with E-state index in [4.69, 9.17) is 10.5 Å². The van der Waals surface area contributed by atoms with E-state index in [0.29, 0.717) is 12.6 Å². The third-order valence-corrected chi connectivity index (χ3v) is 3.44. The third-order valence-electron chi connectivity index (χ3n) is 3.44. The number of hydrogen-bond acceptors (Lipinski definition) is 4. The number of benzene rings is 1. The van der Waals surface area contributed by atoms with Gasteiger partial charge in [-0.15, -0.1) is 0 Å². The standard InChI is InChI=1S/C14H19N3O/c15-14-17-13(9-18-14)8-16-7-10-2-1-3-12(6-10)11-4-5-11/h1-3,6,11,13,16H,4-5,7-9H2,(H2,15,17)/t13-/m0/s1. The summed E-state index contributed by atoms with van der Waals surface area (Å²) in [5.41, 5.74) is 8.30. The monoisotopic (exact) mass is 245 g/mol. The lowest BCUT2D eigenvalue weighted by molar-refractivity contribution is 0.309. The maximum atomic E-state index is 5.47. The normalized spacial score (nSPS) is 22.7. The Kier molecular flexibility index (Phi) is 3.19. The summed E-state index contributed by atoms with van der Waals surface area (Å²) in [6, 6.07) is 9.35. The first kappa shape index (κ1) is 11.5. The van der Waals surface area contributed by atoms with Crippen LogP contribution < -0.4 is 11.1 Å². The molecule has 1 aliphatic carbocycles.